The third-order valence-electron chi connectivity index (χ3n) is 3.80. The molecule has 1 amide bonds. The Hall–Kier alpha value is -3.25. The molecule has 0 aliphatic rings. The van der Waals surface area contributed by atoms with Crippen molar-refractivity contribution in [3.05, 3.63) is 77.2 Å². The third-order valence-corrected chi connectivity index (χ3v) is 4.05. The predicted octanol–water partition coefficient (Wildman–Crippen LogP) is 3.87. The van der Waals surface area contributed by atoms with Crippen LogP contribution in [0.3, 0.4) is 0 Å². The molecule has 0 aliphatic heterocycles. The van der Waals surface area contributed by atoms with E-state index in [1.165, 1.54) is 6.20 Å². The number of fused-ring (bicyclic) bond motifs is 1. The fourth-order valence-corrected chi connectivity index (χ4v) is 2.60. The molecule has 2 heterocycles. The first-order valence-electron chi connectivity index (χ1n) is 7.90. The van der Waals surface area contributed by atoms with Crippen LogP contribution in [0.4, 0.5) is 0 Å². The summed E-state index contributed by atoms with van der Waals surface area (Å²) in [6, 6.07) is 16.4. The summed E-state index contributed by atoms with van der Waals surface area (Å²) in [5.74, 6) is 0.288. The van der Waals surface area contributed by atoms with E-state index in [0.29, 0.717) is 22.0 Å². The maximum Gasteiger partial charge on any atom is 0.271 e. The van der Waals surface area contributed by atoms with Crippen molar-refractivity contribution in [1.82, 2.24) is 20.4 Å². The summed E-state index contributed by atoms with van der Waals surface area (Å²) in [7, 11) is 0. The fourth-order valence-electron chi connectivity index (χ4n) is 2.47. The number of halogens is 1. The molecular weight excluding hydrogens is 352 g/mol. The Labute approximate surface area is 153 Å². The van der Waals surface area contributed by atoms with Crippen LogP contribution in [-0.2, 0) is 6.54 Å². The van der Waals surface area contributed by atoms with Crippen LogP contribution < -0.4 is 5.32 Å². The normalized spacial score (nSPS) is 10.8. The minimum absolute atomic E-state index is 0.227. The molecule has 6 nitrogen and oxygen atoms in total. The second kappa shape index (κ2) is 6.93. The van der Waals surface area contributed by atoms with E-state index in [2.05, 4.69) is 20.4 Å². The molecule has 128 valence electrons. The average molecular weight is 365 g/mol. The highest BCUT2D eigenvalue weighted by molar-refractivity contribution is 6.30. The SMILES string of the molecule is O=C(NCc1cc(-c2ccc(Cl)cc2)on1)c1cnc2ccccc2n1. The van der Waals surface area contributed by atoms with Crippen molar-refractivity contribution in [3.8, 4) is 11.3 Å². The number of para-hydroxylation sites is 2. The van der Waals surface area contributed by atoms with Crippen LogP contribution in [0.2, 0.25) is 5.02 Å². The van der Waals surface area contributed by atoms with Crippen LogP contribution in [0.1, 0.15) is 16.2 Å². The predicted molar refractivity (Wildman–Crippen MR) is 97.7 cm³/mol. The van der Waals surface area contributed by atoms with Crippen LogP contribution in [0.15, 0.2) is 65.3 Å². The summed E-state index contributed by atoms with van der Waals surface area (Å²) in [6.45, 7) is 0.227. The standard InChI is InChI=1S/C19H13ClN4O2/c20-13-7-5-12(6-8-13)18-9-14(24-26-18)10-22-19(25)17-11-21-15-3-1-2-4-16(15)23-17/h1-9,11H,10H2,(H,22,25). The lowest BCUT2D eigenvalue weighted by Gasteiger charge is -2.03. The third kappa shape index (κ3) is 3.41. The zero-order chi connectivity index (χ0) is 17.9. The van der Waals surface area contributed by atoms with E-state index in [9.17, 15) is 4.79 Å². The van der Waals surface area contributed by atoms with E-state index in [-0.39, 0.29) is 18.1 Å². The molecule has 0 atom stereocenters. The van der Waals surface area contributed by atoms with Gasteiger partial charge in [0.2, 0.25) is 0 Å². The van der Waals surface area contributed by atoms with E-state index in [4.69, 9.17) is 16.1 Å². The Morgan fingerprint density at radius 2 is 1.85 bits per heavy atom. The molecule has 0 aliphatic carbocycles. The molecule has 0 saturated carbocycles. The molecule has 4 aromatic rings. The Bertz CT molecular complexity index is 1080. The summed E-state index contributed by atoms with van der Waals surface area (Å²) >= 11 is 5.88. The number of hydrogen-bond donors (Lipinski definition) is 1. The van der Waals surface area contributed by atoms with Crippen molar-refractivity contribution < 1.29 is 9.32 Å². The zero-order valence-corrected chi connectivity index (χ0v) is 14.3. The van der Waals surface area contributed by atoms with E-state index >= 15 is 0 Å². The first kappa shape index (κ1) is 16.2. The van der Waals surface area contributed by atoms with Gasteiger partial charge < -0.3 is 9.84 Å². The van der Waals surface area contributed by atoms with Gasteiger partial charge in [-0.25, -0.2) is 4.98 Å². The number of nitrogens with zero attached hydrogens (tertiary/aromatic N) is 3. The van der Waals surface area contributed by atoms with Crippen molar-refractivity contribution in [2.24, 2.45) is 0 Å². The van der Waals surface area contributed by atoms with Gasteiger partial charge in [-0.3, -0.25) is 9.78 Å². The van der Waals surface area contributed by atoms with Crippen molar-refractivity contribution in [3.63, 3.8) is 0 Å². The lowest BCUT2D eigenvalue weighted by molar-refractivity contribution is 0.0945. The lowest BCUT2D eigenvalue weighted by Crippen LogP contribution is -2.24. The van der Waals surface area contributed by atoms with Gasteiger partial charge >= 0.3 is 0 Å². The molecule has 1 N–H and O–H groups in total. The minimum Gasteiger partial charge on any atom is -0.356 e. The van der Waals surface area contributed by atoms with Gasteiger partial charge in [-0.05, 0) is 36.4 Å². The molecular formula is C19H13ClN4O2. The topological polar surface area (TPSA) is 80.9 Å². The number of nitrogens with one attached hydrogen (secondary N) is 1. The van der Waals surface area contributed by atoms with Gasteiger partial charge in [0.25, 0.3) is 5.91 Å². The molecule has 2 aromatic heterocycles. The molecule has 0 saturated heterocycles. The van der Waals surface area contributed by atoms with Crippen molar-refractivity contribution in [2.75, 3.05) is 0 Å². The molecule has 0 spiro atoms. The smallest absolute Gasteiger partial charge is 0.271 e. The van der Waals surface area contributed by atoms with Gasteiger partial charge in [-0.15, -0.1) is 0 Å². The summed E-state index contributed by atoms with van der Waals surface area (Å²) in [4.78, 5) is 20.8. The molecule has 4 rings (SSSR count). The van der Waals surface area contributed by atoms with E-state index in [1.807, 2.05) is 36.4 Å². The van der Waals surface area contributed by atoms with Crippen molar-refractivity contribution in [1.29, 1.82) is 0 Å². The maximum absolute atomic E-state index is 12.3. The second-order valence-corrected chi connectivity index (χ2v) is 6.05. The van der Waals surface area contributed by atoms with Crippen LogP contribution in [0.25, 0.3) is 22.4 Å². The highest BCUT2D eigenvalue weighted by Gasteiger charge is 2.11. The van der Waals surface area contributed by atoms with Crippen molar-refractivity contribution in [2.45, 2.75) is 6.54 Å². The number of benzene rings is 2. The summed E-state index contributed by atoms with van der Waals surface area (Å²) in [5, 5.41) is 7.39. The first-order chi connectivity index (χ1) is 12.7. The zero-order valence-electron chi connectivity index (χ0n) is 13.5. The quantitative estimate of drug-likeness (QED) is 0.594. The number of carbonyl (C=O) groups is 1. The van der Waals surface area contributed by atoms with Crippen molar-refractivity contribution >= 4 is 28.5 Å². The maximum atomic E-state index is 12.3. The second-order valence-electron chi connectivity index (χ2n) is 5.62. The molecule has 0 bridgehead atoms. The van der Waals surface area contributed by atoms with Crippen LogP contribution in [0.5, 0.6) is 0 Å². The van der Waals surface area contributed by atoms with Gasteiger partial charge in [0.15, 0.2) is 5.76 Å². The number of hydrogen-bond acceptors (Lipinski definition) is 5. The number of carbonyl (C=O) groups excluding carboxylic acids is 1. The number of aromatic nitrogens is 3. The molecule has 7 heteroatoms. The monoisotopic (exact) mass is 364 g/mol. The molecule has 2 aromatic carbocycles. The number of amides is 1. The first-order valence-corrected chi connectivity index (χ1v) is 8.28. The van der Waals surface area contributed by atoms with E-state index in [0.717, 1.165) is 11.1 Å². The summed E-state index contributed by atoms with van der Waals surface area (Å²) < 4.78 is 5.31. The summed E-state index contributed by atoms with van der Waals surface area (Å²) in [6.07, 6.45) is 1.46. The lowest BCUT2D eigenvalue weighted by atomic mass is 10.1. The number of rotatable bonds is 4. The molecule has 0 unspecified atom stereocenters. The summed E-state index contributed by atoms with van der Waals surface area (Å²) in [5.41, 5.74) is 3.14. The molecule has 26 heavy (non-hydrogen) atoms. The Morgan fingerprint density at radius 3 is 2.65 bits per heavy atom. The van der Waals surface area contributed by atoms with Gasteiger partial charge in [-0.2, -0.15) is 0 Å². The average Bonchev–Trinajstić information content (AvgIpc) is 3.15. The Balaban J connectivity index is 1.45. The van der Waals surface area contributed by atoms with Crippen LogP contribution >= 0.6 is 11.6 Å². The van der Waals surface area contributed by atoms with Crippen LogP contribution in [0, 0.1) is 0 Å². The van der Waals surface area contributed by atoms with Gasteiger partial charge in [-0.1, -0.05) is 28.9 Å². The van der Waals surface area contributed by atoms with Gasteiger partial charge in [0, 0.05) is 16.7 Å². The van der Waals surface area contributed by atoms with E-state index in [1.54, 1.807) is 18.2 Å². The molecule has 0 fully saturated rings. The van der Waals surface area contributed by atoms with Gasteiger partial charge in [0.1, 0.15) is 11.4 Å². The fraction of sp³-hybridized carbons (Fsp3) is 0.0526. The van der Waals surface area contributed by atoms with Crippen LogP contribution in [-0.4, -0.2) is 21.0 Å². The van der Waals surface area contributed by atoms with E-state index < -0.39 is 0 Å². The van der Waals surface area contributed by atoms with Gasteiger partial charge in [0.05, 0.1) is 23.8 Å². The largest absolute Gasteiger partial charge is 0.356 e. The highest BCUT2D eigenvalue weighted by Crippen LogP contribution is 2.22. The minimum atomic E-state index is -0.320. The molecule has 0 radical (unpaired) electrons. The Morgan fingerprint density at radius 1 is 1.08 bits per heavy atom. The Kier molecular flexibility index (Phi) is 4.33. The highest BCUT2D eigenvalue weighted by atomic mass is 35.5.